The molecule has 0 spiro atoms. The number of carbonyl (C=O) groups is 1. The Morgan fingerprint density at radius 1 is 1.16 bits per heavy atom. The van der Waals surface area contributed by atoms with Crippen LogP contribution in [0.15, 0.2) is 42.5 Å². The van der Waals surface area contributed by atoms with E-state index in [-0.39, 0.29) is 19.0 Å². The van der Waals surface area contributed by atoms with Gasteiger partial charge in [-0.1, -0.05) is 6.07 Å². The summed E-state index contributed by atoms with van der Waals surface area (Å²) in [5, 5.41) is 2.58. The number of pyridine rings is 1. The average molecular weight is 355 g/mol. The first kappa shape index (κ1) is 17.0. The van der Waals surface area contributed by atoms with Crippen molar-refractivity contribution in [2.24, 2.45) is 0 Å². The zero-order chi connectivity index (χ0) is 18.0. The van der Waals surface area contributed by atoms with E-state index in [1.165, 1.54) is 41.3 Å². The molecule has 0 atom stereocenters. The van der Waals surface area contributed by atoms with Crippen LogP contribution in [0, 0.1) is 5.82 Å². The highest BCUT2D eigenvalue weighted by Crippen LogP contribution is 2.29. The molecule has 1 aliphatic rings. The van der Waals surface area contributed by atoms with Gasteiger partial charge in [-0.15, -0.1) is 0 Å². The van der Waals surface area contributed by atoms with Gasteiger partial charge in [-0.2, -0.15) is 13.2 Å². The number of carbonyl (C=O) groups excluding carboxylic acids is 1. The maximum Gasteiger partial charge on any atom is 0.433 e. The minimum atomic E-state index is -4.54. The van der Waals surface area contributed by atoms with Crippen LogP contribution in [0.5, 0.6) is 5.88 Å². The molecule has 1 aromatic heterocycles. The molecule has 5 nitrogen and oxygen atoms in total. The number of anilines is 1. The first-order valence-electron chi connectivity index (χ1n) is 7.34. The molecule has 2 heterocycles. The standard InChI is InChI=1S/C16H13F4N3O2/c17-10-4-6-11(7-5-10)21-15(24)23-8-12(9-23)25-14-3-1-2-13(22-14)16(18,19)20/h1-7,12H,8-9H2,(H,21,24). The van der Waals surface area contributed by atoms with Gasteiger partial charge in [-0.05, 0) is 30.3 Å². The highest BCUT2D eigenvalue weighted by atomic mass is 19.4. The third kappa shape index (κ3) is 4.17. The summed E-state index contributed by atoms with van der Waals surface area (Å²) >= 11 is 0. The van der Waals surface area contributed by atoms with Crippen LogP contribution in [0.4, 0.5) is 28.0 Å². The average Bonchev–Trinajstić information content (AvgIpc) is 2.52. The molecular formula is C16H13F4N3O2. The molecule has 1 aliphatic heterocycles. The number of benzene rings is 1. The maximum atomic E-state index is 12.8. The molecule has 0 unspecified atom stereocenters. The molecule has 2 amide bonds. The Labute approximate surface area is 140 Å². The number of rotatable bonds is 3. The number of aromatic nitrogens is 1. The van der Waals surface area contributed by atoms with Gasteiger partial charge in [0.2, 0.25) is 5.88 Å². The number of ether oxygens (including phenoxy) is 1. The molecule has 9 heteroatoms. The summed E-state index contributed by atoms with van der Waals surface area (Å²) in [6.07, 6.45) is -4.98. The van der Waals surface area contributed by atoms with Gasteiger partial charge in [0.1, 0.15) is 17.6 Å². The lowest BCUT2D eigenvalue weighted by atomic mass is 10.2. The summed E-state index contributed by atoms with van der Waals surface area (Å²) in [7, 11) is 0. The van der Waals surface area contributed by atoms with E-state index in [1.54, 1.807) is 0 Å². The Hall–Kier alpha value is -2.84. The molecule has 0 radical (unpaired) electrons. The molecule has 25 heavy (non-hydrogen) atoms. The number of hydrogen-bond donors (Lipinski definition) is 1. The molecule has 1 saturated heterocycles. The van der Waals surface area contributed by atoms with E-state index in [2.05, 4.69) is 10.3 Å². The van der Waals surface area contributed by atoms with Gasteiger partial charge in [0.05, 0.1) is 13.1 Å². The van der Waals surface area contributed by atoms with Crippen molar-refractivity contribution in [2.75, 3.05) is 18.4 Å². The van der Waals surface area contributed by atoms with Crippen molar-refractivity contribution in [3.8, 4) is 5.88 Å². The summed E-state index contributed by atoms with van der Waals surface area (Å²) in [6.45, 7) is 0.426. The second-order valence-corrected chi connectivity index (χ2v) is 5.44. The number of halogens is 4. The van der Waals surface area contributed by atoms with Crippen molar-refractivity contribution < 1.29 is 27.1 Å². The van der Waals surface area contributed by atoms with Gasteiger partial charge in [0.25, 0.3) is 0 Å². The molecule has 1 aromatic carbocycles. The van der Waals surface area contributed by atoms with Crippen molar-refractivity contribution in [3.63, 3.8) is 0 Å². The van der Waals surface area contributed by atoms with Crippen LogP contribution in [0.25, 0.3) is 0 Å². The van der Waals surface area contributed by atoms with Gasteiger partial charge in [-0.25, -0.2) is 14.2 Å². The molecular weight excluding hydrogens is 342 g/mol. The van der Waals surface area contributed by atoms with Crippen molar-refractivity contribution in [1.29, 1.82) is 0 Å². The van der Waals surface area contributed by atoms with Crippen molar-refractivity contribution in [2.45, 2.75) is 12.3 Å². The van der Waals surface area contributed by atoms with Gasteiger partial charge in [0, 0.05) is 11.8 Å². The number of amides is 2. The van der Waals surface area contributed by atoms with E-state index in [4.69, 9.17) is 4.74 Å². The van der Waals surface area contributed by atoms with Crippen LogP contribution in [0.2, 0.25) is 0 Å². The Balaban J connectivity index is 1.51. The fourth-order valence-electron chi connectivity index (χ4n) is 2.22. The van der Waals surface area contributed by atoms with Gasteiger partial charge in [0.15, 0.2) is 0 Å². The van der Waals surface area contributed by atoms with Crippen molar-refractivity contribution in [1.82, 2.24) is 9.88 Å². The first-order valence-corrected chi connectivity index (χ1v) is 7.34. The molecule has 0 aliphatic carbocycles. The highest BCUT2D eigenvalue weighted by Gasteiger charge is 2.35. The minimum absolute atomic E-state index is 0.140. The largest absolute Gasteiger partial charge is 0.471 e. The summed E-state index contributed by atoms with van der Waals surface area (Å²) < 4.78 is 55.9. The summed E-state index contributed by atoms with van der Waals surface area (Å²) in [6, 6.07) is 8.29. The van der Waals surface area contributed by atoms with Crippen LogP contribution in [0.3, 0.4) is 0 Å². The van der Waals surface area contributed by atoms with Gasteiger partial charge in [-0.3, -0.25) is 0 Å². The smallest absolute Gasteiger partial charge is 0.433 e. The fourth-order valence-corrected chi connectivity index (χ4v) is 2.22. The van der Waals surface area contributed by atoms with Crippen LogP contribution in [0.1, 0.15) is 5.69 Å². The summed E-state index contributed by atoms with van der Waals surface area (Å²) in [5.74, 6) is -0.553. The molecule has 1 N–H and O–H groups in total. The van der Waals surface area contributed by atoms with Crippen molar-refractivity contribution >= 4 is 11.7 Å². The molecule has 3 rings (SSSR count). The van der Waals surface area contributed by atoms with E-state index >= 15 is 0 Å². The zero-order valence-electron chi connectivity index (χ0n) is 12.8. The van der Waals surface area contributed by atoms with Crippen LogP contribution >= 0.6 is 0 Å². The second kappa shape index (κ2) is 6.58. The molecule has 2 aromatic rings. The Morgan fingerprint density at radius 3 is 2.48 bits per heavy atom. The fraction of sp³-hybridized carbons (Fsp3) is 0.250. The normalized spacial score (nSPS) is 14.8. The number of nitrogens with zero attached hydrogens (tertiary/aromatic N) is 2. The highest BCUT2D eigenvalue weighted by molar-refractivity contribution is 5.89. The number of likely N-dealkylation sites (tertiary alicyclic amines) is 1. The van der Waals surface area contributed by atoms with Crippen molar-refractivity contribution in [3.05, 3.63) is 54.0 Å². The van der Waals surface area contributed by atoms with E-state index in [0.717, 1.165) is 6.07 Å². The zero-order valence-corrected chi connectivity index (χ0v) is 12.8. The number of hydrogen-bond acceptors (Lipinski definition) is 3. The molecule has 0 bridgehead atoms. The molecule has 132 valence electrons. The Kier molecular flexibility index (Phi) is 4.47. The lowest BCUT2D eigenvalue weighted by Crippen LogP contribution is -2.57. The first-order chi connectivity index (χ1) is 11.8. The number of alkyl halides is 3. The second-order valence-electron chi connectivity index (χ2n) is 5.44. The van der Waals surface area contributed by atoms with Gasteiger partial charge < -0.3 is 15.0 Å². The molecule has 0 saturated carbocycles. The Bertz CT molecular complexity index is 759. The number of urea groups is 1. The van der Waals surface area contributed by atoms with E-state index < -0.39 is 29.8 Å². The SMILES string of the molecule is O=C(Nc1ccc(F)cc1)N1CC(Oc2cccc(C(F)(F)F)n2)C1. The number of nitrogens with one attached hydrogen (secondary N) is 1. The molecule has 1 fully saturated rings. The summed E-state index contributed by atoms with van der Waals surface area (Å²) in [5.41, 5.74) is -0.592. The van der Waals surface area contributed by atoms with Crippen LogP contribution < -0.4 is 10.1 Å². The van der Waals surface area contributed by atoms with Gasteiger partial charge >= 0.3 is 12.2 Å². The van der Waals surface area contributed by atoms with E-state index in [9.17, 15) is 22.4 Å². The van der Waals surface area contributed by atoms with E-state index in [1.807, 2.05) is 0 Å². The third-order valence-electron chi connectivity index (χ3n) is 3.53. The summed E-state index contributed by atoms with van der Waals surface area (Å²) in [4.78, 5) is 16.8. The monoisotopic (exact) mass is 355 g/mol. The predicted octanol–water partition coefficient (Wildman–Crippen LogP) is 3.53. The van der Waals surface area contributed by atoms with Crippen LogP contribution in [-0.4, -0.2) is 35.1 Å². The lowest BCUT2D eigenvalue weighted by Gasteiger charge is -2.38. The Morgan fingerprint density at radius 2 is 1.84 bits per heavy atom. The predicted molar refractivity (Wildman–Crippen MR) is 80.6 cm³/mol. The topological polar surface area (TPSA) is 54.5 Å². The van der Waals surface area contributed by atoms with E-state index in [0.29, 0.717) is 5.69 Å². The quantitative estimate of drug-likeness (QED) is 0.857. The van der Waals surface area contributed by atoms with Crippen LogP contribution in [-0.2, 0) is 6.18 Å². The lowest BCUT2D eigenvalue weighted by molar-refractivity contribution is -0.141. The third-order valence-corrected chi connectivity index (χ3v) is 3.53. The maximum absolute atomic E-state index is 12.8. The minimum Gasteiger partial charge on any atom is -0.471 e.